The fourth-order valence-corrected chi connectivity index (χ4v) is 4.29. The first-order valence-corrected chi connectivity index (χ1v) is 11.1. The van der Waals surface area contributed by atoms with E-state index in [1.165, 1.54) is 4.90 Å². The summed E-state index contributed by atoms with van der Waals surface area (Å²) < 4.78 is 0. The average molecular weight is 451 g/mol. The topological polar surface area (TPSA) is 66.5 Å². The molecule has 0 saturated carbocycles. The van der Waals surface area contributed by atoms with Gasteiger partial charge in [0.1, 0.15) is 0 Å². The van der Waals surface area contributed by atoms with E-state index in [0.717, 1.165) is 10.5 Å². The van der Waals surface area contributed by atoms with E-state index in [1.807, 2.05) is 36.4 Å². The molecule has 0 spiro atoms. The monoisotopic (exact) mass is 450 g/mol. The van der Waals surface area contributed by atoms with Gasteiger partial charge >= 0.3 is 0 Å². The van der Waals surface area contributed by atoms with Crippen molar-refractivity contribution in [2.75, 3.05) is 17.6 Å². The summed E-state index contributed by atoms with van der Waals surface area (Å²) in [5, 5.41) is 3.52. The number of rotatable bonds is 7. The first-order valence-electron chi connectivity index (χ1n) is 9.73. The van der Waals surface area contributed by atoms with Crippen molar-refractivity contribution in [2.45, 2.75) is 11.3 Å². The van der Waals surface area contributed by atoms with Crippen LogP contribution in [0.4, 0.5) is 5.69 Å². The Balaban J connectivity index is 1.26. The van der Waals surface area contributed by atoms with Gasteiger partial charge in [0.05, 0.1) is 17.5 Å². The van der Waals surface area contributed by atoms with E-state index in [2.05, 4.69) is 5.32 Å². The van der Waals surface area contributed by atoms with Crippen molar-refractivity contribution >= 4 is 46.8 Å². The van der Waals surface area contributed by atoms with E-state index in [0.29, 0.717) is 34.1 Å². The molecule has 0 unspecified atom stereocenters. The van der Waals surface area contributed by atoms with Crippen LogP contribution in [0.3, 0.4) is 0 Å². The van der Waals surface area contributed by atoms with Crippen LogP contribution in [0.2, 0.25) is 5.02 Å². The van der Waals surface area contributed by atoms with Crippen LogP contribution in [0.5, 0.6) is 0 Å². The Labute approximate surface area is 189 Å². The summed E-state index contributed by atoms with van der Waals surface area (Å²) in [5.74, 6) is 0.0153. The second-order valence-corrected chi connectivity index (χ2v) is 8.64. The van der Waals surface area contributed by atoms with Crippen LogP contribution in [0, 0.1) is 0 Å². The standard InChI is InChI=1S/C24H19ClN2O3S/c25-17-7-5-16(6-8-17)15-22(28)26-18-9-11-19(12-10-18)31-14-13-27-23(29)20-3-1-2-4-21(20)24(27)30/h1-12H,13-15H2,(H,26,28). The number of carbonyl (C=O) groups is 3. The van der Waals surface area contributed by atoms with Gasteiger partial charge in [-0.15, -0.1) is 11.8 Å². The van der Waals surface area contributed by atoms with E-state index in [4.69, 9.17) is 11.6 Å². The summed E-state index contributed by atoms with van der Waals surface area (Å²) in [6.07, 6.45) is 0.272. The molecule has 1 aliphatic rings. The van der Waals surface area contributed by atoms with Gasteiger partial charge in [0.25, 0.3) is 11.8 Å². The van der Waals surface area contributed by atoms with Gasteiger partial charge in [-0.3, -0.25) is 19.3 Å². The molecule has 0 bridgehead atoms. The zero-order valence-electron chi connectivity index (χ0n) is 16.5. The maximum atomic E-state index is 12.4. The van der Waals surface area contributed by atoms with Crippen molar-refractivity contribution in [1.82, 2.24) is 4.90 Å². The number of anilines is 1. The van der Waals surface area contributed by atoms with Crippen molar-refractivity contribution < 1.29 is 14.4 Å². The van der Waals surface area contributed by atoms with Gasteiger partial charge in [0, 0.05) is 27.9 Å². The van der Waals surface area contributed by atoms with Crippen molar-refractivity contribution in [3.63, 3.8) is 0 Å². The largest absolute Gasteiger partial charge is 0.326 e. The summed E-state index contributed by atoms with van der Waals surface area (Å²) in [7, 11) is 0. The lowest BCUT2D eigenvalue weighted by molar-refractivity contribution is -0.115. The number of halogens is 1. The molecule has 0 aromatic heterocycles. The zero-order chi connectivity index (χ0) is 21.8. The number of thioether (sulfide) groups is 1. The molecule has 1 aliphatic heterocycles. The Morgan fingerprint density at radius 1 is 0.871 bits per heavy atom. The highest BCUT2D eigenvalue weighted by molar-refractivity contribution is 7.99. The quantitative estimate of drug-likeness (QED) is 0.410. The molecule has 0 fully saturated rings. The third kappa shape index (κ3) is 4.98. The lowest BCUT2D eigenvalue weighted by atomic mass is 10.1. The highest BCUT2D eigenvalue weighted by Crippen LogP contribution is 2.25. The molecule has 0 saturated heterocycles. The molecule has 1 heterocycles. The van der Waals surface area contributed by atoms with Crippen molar-refractivity contribution in [3.8, 4) is 0 Å². The summed E-state index contributed by atoms with van der Waals surface area (Å²) in [6, 6.07) is 21.6. The predicted octanol–water partition coefficient (Wildman–Crippen LogP) is 4.91. The Morgan fingerprint density at radius 2 is 1.48 bits per heavy atom. The molecular weight excluding hydrogens is 432 g/mol. The number of hydrogen-bond acceptors (Lipinski definition) is 4. The number of imide groups is 1. The molecule has 3 aromatic carbocycles. The van der Waals surface area contributed by atoms with Gasteiger partial charge in [0.2, 0.25) is 5.91 Å². The molecule has 5 nitrogen and oxygen atoms in total. The lowest BCUT2D eigenvalue weighted by Crippen LogP contribution is -2.31. The molecular formula is C24H19ClN2O3S. The van der Waals surface area contributed by atoms with Crippen molar-refractivity contribution in [2.24, 2.45) is 0 Å². The fraction of sp³-hybridized carbons (Fsp3) is 0.125. The van der Waals surface area contributed by atoms with Crippen LogP contribution in [0.25, 0.3) is 0 Å². The Hall–Kier alpha value is -3.09. The van der Waals surface area contributed by atoms with Crippen LogP contribution in [-0.2, 0) is 11.2 Å². The highest BCUT2D eigenvalue weighted by atomic mass is 35.5. The number of carbonyl (C=O) groups excluding carboxylic acids is 3. The molecule has 3 aromatic rings. The fourth-order valence-electron chi connectivity index (χ4n) is 3.32. The zero-order valence-corrected chi connectivity index (χ0v) is 18.1. The third-order valence-corrected chi connectivity index (χ3v) is 6.12. The van der Waals surface area contributed by atoms with Crippen molar-refractivity contribution in [1.29, 1.82) is 0 Å². The maximum Gasteiger partial charge on any atom is 0.261 e. The Bertz CT molecular complexity index is 1100. The van der Waals surface area contributed by atoms with E-state index >= 15 is 0 Å². The first-order chi connectivity index (χ1) is 15.0. The van der Waals surface area contributed by atoms with Crippen molar-refractivity contribution in [3.05, 3.63) is 94.5 Å². The SMILES string of the molecule is O=C(Cc1ccc(Cl)cc1)Nc1ccc(SCCN2C(=O)c3ccccc3C2=O)cc1. The number of hydrogen-bond donors (Lipinski definition) is 1. The van der Waals surface area contributed by atoms with Gasteiger partial charge in [-0.05, 0) is 54.1 Å². The number of fused-ring (bicyclic) bond motifs is 1. The van der Waals surface area contributed by atoms with E-state index < -0.39 is 0 Å². The minimum atomic E-state index is -0.236. The molecule has 156 valence electrons. The van der Waals surface area contributed by atoms with Gasteiger partial charge in [-0.25, -0.2) is 0 Å². The summed E-state index contributed by atoms with van der Waals surface area (Å²) >= 11 is 7.41. The van der Waals surface area contributed by atoms with E-state index in [1.54, 1.807) is 48.2 Å². The summed E-state index contributed by atoms with van der Waals surface area (Å²) in [5.41, 5.74) is 2.54. The van der Waals surface area contributed by atoms with Crippen LogP contribution < -0.4 is 5.32 Å². The molecule has 31 heavy (non-hydrogen) atoms. The normalized spacial score (nSPS) is 12.7. The molecule has 1 N–H and O–H groups in total. The summed E-state index contributed by atoms with van der Waals surface area (Å²) in [4.78, 5) is 39.3. The average Bonchev–Trinajstić information content (AvgIpc) is 3.02. The van der Waals surface area contributed by atoms with Crippen LogP contribution in [0.15, 0.2) is 77.7 Å². The molecule has 7 heteroatoms. The molecule has 0 atom stereocenters. The Kier molecular flexibility index (Phi) is 6.39. The Morgan fingerprint density at radius 3 is 2.10 bits per heavy atom. The predicted molar refractivity (Wildman–Crippen MR) is 123 cm³/mol. The molecule has 0 radical (unpaired) electrons. The first kappa shape index (κ1) is 21.2. The van der Waals surface area contributed by atoms with Gasteiger partial charge < -0.3 is 5.32 Å². The lowest BCUT2D eigenvalue weighted by Gasteiger charge is -2.13. The molecule has 4 rings (SSSR count). The highest BCUT2D eigenvalue weighted by Gasteiger charge is 2.34. The van der Waals surface area contributed by atoms with Crippen LogP contribution >= 0.6 is 23.4 Å². The maximum absolute atomic E-state index is 12.4. The van der Waals surface area contributed by atoms with Crippen LogP contribution in [-0.4, -0.2) is 34.9 Å². The minimum Gasteiger partial charge on any atom is -0.326 e. The smallest absolute Gasteiger partial charge is 0.261 e. The second kappa shape index (κ2) is 9.37. The van der Waals surface area contributed by atoms with Gasteiger partial charge in [-0.2, -0.15) is 0 Å². The van der Waals surface area contributed by atoms with Gasteiger partial charge in [-0.1, -0.05) is 35.9 Å². The number of benzene rings is 3. The number of nitrogens with zero attached hydrogens (tertiary/aromatic N) is 1. The van der Waals surface area contributed by atoms with E-state index in [9.17, 15) is 14.4 Å². The molecule has 3 amide bonds. The van der Waals surface area contributed by atoms with E-state index in [-0.39, 0.29) is 24.1 Å². The van der Waals surface area contributed by atoms with Crippen LogP contribution in [0.1, 0.15) is 26.3 Å². The number of amides is 3. The second-order valence-electron chi connectivity index (χ2n) is 7.03. The molecule has 0 aliphatic carbocycles. The van der Waals surface area contributed by atoms with Gasteiger partial charge in [0.15, 0.2) is 0 Å². The summed E-state index contributed by atoms with van der Waals surface area (Å²) in [6.45, 7) is 0.344. The minimum absolute atomic E-state index is 0.103. The number of nitrogens with one attached hydrogen (secondary N) is 1. The third-order valence-electron chi connectivity index (χ3n) is 4.88.